The molecule has 0 bridgehead atoms. The fourth-order valence-electron chi connectivity index (χ4n) is 1.49. The van der Waals surface area contributed by atoms with Crippen molar-refractivity contribution >= 4 is 33.9 Å². The van der Waals surface area contributed by atoms with Gasteiger partial charge in [0.25, 0.3) is 0 Å². The number of hydrogen-bond donors (Lipinski definition) is 2. The Morgan fingerprint density at radius 1 is 1.37 bits per heavy atom. The van der Waals surface area contributed by atoms with Gasteiger partial charge in [-0.1, -0.05) is 12.1 Å². The summed E-state index contributed by atoms with van der Waals surface area (Å²) in [5, 5.41) is 7.43. The molecule has 0 saturated heterocycles. The number of hydrogen-bond acceptors (Lipinski definition) is 6. The molecule has 0 saturated carbocycles. The lowest BCUT2D eigenvalue weighted by Gasteiger charge is -2.07. The molecule has 1 aromatic carbocycles. The second-order valence-electron chi connectivity index (χ2n) is 3.55. The van der Waals surface area contributed by atoms with Gasteiger partial charge in [0.15, 0.2) is 10.9 Å². The number of nitrogens with two attached hydrogens (primary N) is 1. The minimum Gasteiger partial charge on any atom is -0.461 e. The zero-order valence-corrected chi connectivity index (χ0v) is 11.0. The molecule has 0 aliphatic rings. The number of rotatable bonds is 3. The third-order valence-electron chi connectivity index (χ3n) is 2.21. The zero-order chi connectivity index (χ0) is 13.8. The summed E-state index contributed by atoms with van der Waals surface area (Å²) in [6.07, 6.45) is 0. The first-order valence-corrected chi connectivity index (χ1v) is 6.39. The Labute approximate surface area is 113 Å². The molecule has 1 aromatic heterocycles. The van der Waals surface area contributed by atoms with Crippen molar-refractivity contribution in [3.05, 3.63) is 30.0 Å². The molecule has 0 amide bonds. The summed E-state index contributed by atoms with van der Waals surface area (Å²) in [4.78, 5) is 20.4. The molecule has 3 N–H and O–H groups in total. The van der Waals surface area contributed by atoms with Crippen molar-refractivity contribution in [2.75, 3.05) is 6.61 Å². The molecular weight excluding hydrogens is 264 g/mol. The Morgan fingerprint density at radius 2 is 2.00 bits per heavy atom. The predicted octanol–water partition coefficient (Wildman–Crippen LogP) is 1.79. The van der Waals surface area contributed by atoms with Gasteiger partial charge in [-0.15, -0.1) is 0 Å². The van der Waals surface area contributed by atoms with Crippen LogP contribution in [0.3, 0.4) is 0 Å². The highest BCUT2D eigenvalue weighted by Gasteiger charge is 2.18. The quantitative estimate of drug-likeness (QED) is 0.383. The van der Waals surface area contributed by atoms with Crippen molar-refractivity contribution < 1.29 is 9.53 Å². The normalized spacial score (nSPS) is 10.4. The third-order valence-corrected chi connectivity index (χ3v) is 2.91. The van der Waals surface area contributed by atoms with Crippen LogP contribution < -0.4 is 5.73 Å². The average molecular weight is 276 g/mol. The number of esters is 1. The lowest BCUT2D eigenvalue weighted by molar-refractivity contribution is 0.0514. The first-order valence-electron chi connectivity index (χ1n) is 5.57. The van der Waals surface area contributed by atoms with E-state index in [9.17, 15) is 4.79 Å². The smallest absolute Gasteiger partial charge is 0.359 e. The number of para-hydroxylation sites is 2. The monoisotopic (exact) mass is 276 g/mol. The van der Waals surface area contributed by atoms with Gasteiger partial charge in [-0.2, -0.15) is 0 Å². The number of aromatic nitrogens is 2. The number of nitrogens with zero attached hydrogens (tertiary/aromatic N) is 2. The summed E-state index contributed by atoms with van der Waals surface area (Å²) in [6.45, 7) is 1.96. The standard InChI is InChI=1S/C12H12N4O2S/c1-2-18-11(17)9-10(19-12(13)14)16-8-6-4-3-5-7(8)15-9/h3-6H,2H2,1H3,(H3,13,14). The summed E-state index contributed by atoms with van der Waals surface area (Å²) in [5.41, 5.74) is 6.66. The molecule has 7 heteroatoms. The van der Waals surface area contributed by atoms with E-state index in [1.165, 1.54) is 0 Å². The predicted molar refractivity (Wildman–Crippen MR) is 73.3 cm³/mol. The second-order valence-corrected chi connectivity index (χ2v) is 4.58. The van der Waals surface area contributed by atoms with E-state index in [-0.39, 0.29) is 22.5 Å². The SMILES string of the molecule is CCOC(=O)c1nc2ccccc2nc1SC(=N)N. The van der Waals surface area contributed by atoms with Gasteiger partial charge in [0.2, 0.25) is 0 Å². The van der Waals surface area contributed by atoms with Gasteiger partial charge in [0.1, 0.15) is 5.03 Å². The van der Waals surface area contributed by atoms with Gasteiger partial charge in [0.05, 0.1) is 17.6 Å². The molecule has 2 rings (SSSR count). The van der Waals surface area contributed by atoms with Gasteiger partial charge in [-0.3, -0.25) is 5.41 Å². The first-order chi connectivity index (χ1) is 9.11. The van der Waals surface area contributed by atoms with Crippen LogP contribution in [-0.4, -0.2) is 27.7 Å². The Bertz CT molecular complexity index is 645. The van der Waals surface area contributed by atoms with Crippen molar-refractivity contribution in [2.24, 2.45) is 5.73 Å². The summed E-state index contributed by atoms with van der Waals surface area (Å²) < 4.78 is 4.93. The van der Waals surface area contributed by atoms with Gasteiger partial charge in [-0.05, 0) is 30.8 Å². The molecule has 0 aliphatic heterocycles. The van der Waals surface area contributed by atoms with Crippen LogP contribution in [0, 0.1) is 5.41 Å². The van der Waals surface area contributed by atoms with E-state index in [0.29, 0.717) is 11.0 Å². The van der Waals surface area contributed by atoms with Crippen LogP contribution in [0.2, 0.25) is 0 Å². The lowest BCUT2D eigenvalue weighted by atomic mass is 10.3. The fourth-order valence-corrected chi connectivity index (χ4v) is 2.07. The number of amidine groups is 1. The van der Waals surface area contributed by atoms with Crippen LogP contribution in [-0.2, 0) is 4.74 Å². The Hall–Kier alpha value is -2.15. The van der Waals surface area contributed by atoms with E-state index in [2.05, 4.69) is 9.97 Å². The zero-order valence-electron chi connectivity index (χ0n) is 10.2. The number of carbonyl (C=O) groups excluding carboxylic acids is 1. The molecule has 0 radical (unpaired) electrons. The molecule has 0 atom stereocenters. The highest BCUT2D eigenvalue weighted by atomic mass is 32.2. The first kappa shape index (κ1) is 13.3. The highest BCUT2D eigenvalue weighted by Crippen LogP contribution is 2.22. The summed E-state index contributed by atoms with van der Waals surface area (Å²) >= 11 is 0.881. The van der Waals surface area contributed by atoms with Crippen molar-refractivity contribution in [2.45, 2.75) is 11.9 Å². The van der Waals surface area contributed by atoms with Crippen LogP contribution in [0.1, 0.15) is 17.4 Å². The number of thioether (sulfide) groups is 1. The van der Waals surface area contributed by atoms with E-state index < -0.39 is 5.97 Å². The summed E-state index contributed by atoms with van der Waals surface area (Å²) in [5.74, 6) is -0.565. The summed E-state index contributed by atoms with van der Waals surface area (Å²) in [7, 11) is 0. The minimum absolute atomic E-state index is 0.0840. The maximum atomic E-state index is 11.8. The maximum absolute atomic E-state index is 11.8. The fraction of sp³-hybridized carbons (Fsp3) is 0.167. The van der Waals surface area contributed by atoms with Crippen molar-refractivity contribution in [1.29, 1.82) is 5.41 Å². The van der Waals surface area contributed by atoms with E-state index in [1.807, 2.05) is 12.1 Å². The Balaban J connectivity index is 2.56. The van der Waals surface area contributed by atoms with Gasteiger partial charge < -0.3 is 10.5 Å². The Kier molecular flexibility index (Phi) is 3.96. The summed E-state index contributed by atoms with van der Waals surface area (Å²) in [6, 6.07) is 7.17. The van der Waals surface area contributed by atoms with Crippen molar-refractivity contribution in [1.82, 2.24) is 9.97 Å². The van der Waals surface area contributed by atoms with E-state index in [4.69, 9.17) is 15.9 Å². The maximum Gasteiger partial charge on any atom is 0.359 e. The molecule has 1 heterocycles. The number of fused-ring (bicyclic) bond motifs is 1. The van der Waals surface area contributed by atoms with Crippen LogP contribution in [0.4, 0.5) is 0 Å². The lowest BCUT2D eigenvalue weighted by Crippen LogP contribution is -2.12. The van der Waals surface area contributed by atoms with E-state index in [1.54, 1.807) is 19.1 Å². The number of benzene rings is 1. The molecule has 0 aliphatic carbocycles. The Morgan fingerprint density at radius 3 is 2.58 bits per heavy atom. The second kappa shape index (κ2) is 5.66. The number of nitrogens with one attached hydrogen (secondary N) is 1. The molecule has 6 nitrogen and oxygen atoms in total. The van der Waals surface area contributed by atoms with Gasteiger partial charge in [-0.25, -0.2) is 14.8 Å². The van der Waals surface area contributed by atoms with Gasteiger partial charge in [0, 0.05) is 0 Å². The molecule has 0 fully saturated rings. The van der Waals surface area contributed by atoms with Crippen LogP contribution >= 0.6 is 11.8 Å². The van der Waals surface area contributed by atoms with Crippen LogP contribution in [0.15, 0.2) is 29.3 Å². The van der Waals surface area contributed by atoms with E-state index in [0.717, 1.165) is 11.8 Å². The van der Waals surface area contributed by atoms with Gasteiger partial charge >= 0.3 is 5.97 Å². The molecule has 19 heavy (non-hydrogen) atoms. The molecule has 2 aromatic rings. The molecule has 0 unspecified atom stereocenters. The topological polar surface area (TPSA) is 102 Å². The minimum atomic E-state index is -0.565. The molecule has 0 spiro atoms. The largest absolute Gasteiger partial charge is 0.461 e. The third kappa shape index (κ3) is 3.00. The van der Waals surface area contributed by atoms with Crippen molar-refractivity contribution in [3.63, 3.8) is 0 Å². The number of carbonyl (C=O) groups is 1. The van der Waals surface area contributed by atoms with Crippen LogP contribution in [0.5, 0.6) is 0 Å². The van der Waals surface area contributed by atoms with Crippen molar-refractivity contribution in [3.8, 4) is 0 Å². The molecule has 98 valence electrons. The number of ether oxygens (including phenoxy) is 1. The van der Waals surface area contributed by atoms with E-state index >= 15 is 0 Å². The average Bonchev–Trinajstić information content (AvgIpc) is 2.37. The van der Waals surface area contributed by atoms with Crippen LogP contribution in [0.25, 0.3) is 11.0 Å². The highest BCUT2D eigenvalue weighted by molar-refractivity contribution is 8.13. The molecular formula is C12H12N4O2S.